The fourth-order valence-electron chi connectivity index (χ4n) is 3.43. The molecule has 3 heteroatoms. The molecule has 3 unspecified atom stereocenters. The van der Waals surface area contributed by atoms with Gasteiger partial charge in [0.15, 0.2) is 0 Å². The van der Waals surface area contributed by atoms with E-state index in [9.17, 15) is 4.39 Å². The van der Waals surface area contributed by atoms with Crippen molar-refractivity contribution in [3.05, 3.63) is 34.1 Å². The molecule has 3 atom stereocenters. The molecule has 2 rings (SSSR count). The summed E-state index contributed by atoms with van der Waals surface area (Å²) in [7, 11) is 0. The highest BCUT2D eigenvalue weighted by Gasteiger charge is 2.26. The van der Waals surface area contributed by atoms with Gasteiger partial charge in [0, 0.05) is 6.04 Å². The zero-order valence-corrected chi connectivity index (χ0v) is 14.0. The third kappa shape index (κ3) is 4.29. The van der Waals surface area contributed by atoms with Crippen LogP contribution in [0.1, 0.15) is 45.1 Å². The van der Waals surface area contributed by atoms with Crippen LogP contribution >= 0.6 is 15.9 Å². The van der Waals surface area contributed by atoms with Crippen LogP contribution in [0.2, 0.25) is 0 Å². The lowest BCUT2D eigenvalue weighted by atomic mass is 9.77. The highest BCUT2D eigenvalue weighted by Crippen LogP contribution is 2.32. The Morgan fingerprint density at radius 1 is 1.40 bits per heavy atom. The summed E-state index contributed by atoms with van der Waals surface area (Å²) in [6.45, 7) is 5.53. The molecule has 0 saturated heterocycles. The van der Waals surface area contributed by atoms with E-state index < -0.39 is 0 Å². The predicted octanol–water partition coefficient (Wildman–Crippen LogP) is 4.94. The number of nitrogens with one attached hydrogen (secondary N) is 1. The molecule has 0 aliphatic heterocycles. The van der Waals surface area contributed by atoms with Crippen molar-refractivity contribution in [1.29, 1.82) is 0 Å². The van der Waals surface area contributed by atoms with Crippen LogP contribution in [0, 0.1) is 17.7 Å². The molecule has 0 radical (unpaired) electrons. The van der Waals surface area contributed by atoms with Crippen molar-refractivity contribution in [2.24, 2.45) is 11.8 Å². The molecule has 1 nitrogen and oxygen atoms in total. The summed E-state index contributed by atoms with van der Waals surface area (Å²) >= 11 is 3.29. The van der Waals surface area contributed by atoms with Crippen LogP contribution in [0.4, 0.5) is 4.39 Å². The molecule has 1 aromatic carbocycles. The number of hydrogen-bond acceptors (Lipinski definition) is 1. The second-order valence-electron chi connectivity index (χ2n) is 6.15. The summed E-state index contributed by atoms with van der Waals surface area (Å²) in [6.07, 6.45) is 6.35. The minimum Gasteiger partial charge on any atom is -0.314 e. The van der Waals surface area contributed by atoms with Crippen molar-refractivity contribution in [3.8, 4) is 0 Å². The normalized spacial score (nSPS) is 24.6. The molecular formula is C17H25BrFN. The second kappa shape index (κ2) is 7.56. The maximum absolute atomic E-state index is 13.3. The Morgan fingerprint density at radius 2 is 2.20 bits per heavy atom. The quantitative estimate of drug-likeness (QED) is 0.800. The molecule has 0 spiro atoms. The number of benzene rings is 1. The zero-order valence-electron chi connectivity index (χ0n) is 12.5. The van der Waals surface area contributed by atoms with Gasteiger partial charge in [0.25, 0.3) is 0 Å². The molecule has 1 fully saturated rings. The van der Waals surface area contributed by atoms with Crippen molar-refractivity contribution in [1.82, 2.24) is 5.32 Å². The van der Waals surface area contributed by atoms with Gasteiger partial charge >= 0.3 is 0 Å². The molecular weight excluding hydrogens is 317 g/mol. The van der Waals surface area contributed by atoms with Crippen LogP contribution in [0.15, 0.2) is 22.7 Å². The molecule has 1 aliphatic rings. The first kappa shape index (κ1) is 16.0. The van der Waals surface area contributed by atoms with Crippen LogP contribution in [0.3, 0.4) is 0 Å². The van der Waals surface area contributed by atoms with Gasteiger partial charge in [0.05, 0.1) is 4.47 Å². The lowest BCUT2D eigenvalue weighted by molar-refractivity contribution is 0.222. The molecule has 112 valence electrons. The molecule has 0 bridgehead atoms. The molecule has 1 N–H and O–H groups in total. The van der Waals surface area contributed by atoms with Gasteiger partial charge in [-0.1, -0.05) is 32.8 Å². The van der Waals surface area contributed by atoms with Crippen molar-refractivity contribution in [3.63, 3.8) is 0 Å². The van der Waals surface area contributed by atoms with E-state index in [4.69, 9.17) is 0 Å². The van der Waals surface area contributed by atoms with E-state index in [2.05, 4.69) is 35.1 Å². The Kier molecular flexibility index (Phi) is 6.03. The standard InChI is InChI=1S/C17H25BrFN/c1-3-20-17(14-6-4-5-12(2)9-14)11-13-7-8-16(19)15(18)10-13/h7-8,10,12,14,17,20H,3-6,9,11H2,1-2H3. The molecule has 0 heterocycles. The van der Waals surface area contributed by atoms with Gasteiger partial charge in [-0.2, -0.15) is 0 Å². The number of halogens is 2. The smallest absolute Gasteiger partial charge is 0.137 e. The van der Waals surface area contributed by atoms with Crippen molar-refractivity contribution in [2.45, 2.75) is 52.0 Å². The third-order valence-corrected chi connectivity index (χ3v) is 5.06. The molecule has 1 aromatic rings. The van der Waals surface area contributed by atoms with E-state index in [0.717, 1.165) is 24.8 Å². The zero-order chi connectivity index (χ0) is 14.5. The summed E-state index contributed by atoms with van der Waals surface area (Å²) in [5.41, 5.74) is 1.21. The van der Waals surface area contributed by atoms with E-state index in [-0.39, 0.29) is 5.82 Å². The van der Waals surface area contributed by atoms with Gasteiger partial charge in [0.2, 0.25) is 0 Å². The minimum absolute atomic E-state index is 0.181. The van der Waals surface area contributed by atoms with E-state index in [0.29, 0.717) is 10.5 Å². The van der Waals surface area contributed by atoms with Gasteiger partial charge in [-0.05, 0) is 71.3 Å². The Labute approximate surface area is 130 Å². The Morgan fingerprint density at radius 3 is 2.85 bits per heavy atom. The highest BCUT2D eigenvalue weighted by atomic mass is 79.9. The fourth-order valence-corrected chi connectivity index (χ4v) is 3.86. The summed E-state index contributed by atoms with van der Waals surface area (Å²) in [5, 5.41) is 3.65. The monoisotopic (exact) mass is 341 g/mol. The number of rotatable bonds is 5. The van der Waals surface area contributed by atoms with E-state index >= 15 is 0 Å². The predicted molar refractivity (Wildman–Crippen MR) is 86.4 cm³/mol. The third-order valence-electron chi connectivity index (χ3n) is 4.45. The van der Waals surface area contributed by atoms with Crippen molar-refractivity contribution >= 4 is 15.9 Å². The van der Waals surface area contributed by atoms with Crippen molar-refractivity contribution in [2.75, 3.05) is 6.54 Å². The Hall–Kier alpha value is -0.410. The topological polar surface area (TPSA) is 12.0 Å². The highest BCUT2D eigenvalue weighted by molar-refractivity contribution is 9.10. The number of likely N-dealkylation sites (N-methyl/N-ethyl adjacent to an activating group) is 1. The molecule has 1 saturated carbocycles. The van der Waals surface area contributed by atoms with Gasteiger partial charge in [-0.15, -0.1) is 0 Å². The van der Waals surface area contributed by atoms with E-state index in [1.807, 2.05) is 12.1 Å². The Bertz CT molecular complexity index is 435. The SMILES string of the molecule is CCNC(Cc1ccc(F)c(Br)c1)C1CCCC(C)C1. The van der Waals surface area contributed by atoms with Crippen LogP contribution in [-0.2, 0) is 6.42 Å². The lowest BCUT2D eigenvalue weighted by Crippen LogP contribution is -2.40. The first-order chi connectivity index (χ1) is 9.60. The summed E-state index contributed by atoms with van der Waals surface area (Å²) in [6, 6.07) is 5.91. The maximum atomic E-state index is 13.3. The average Bonchev–Trinajstić information content (AvgIpc) is 2.42. The summed E-state index contributed by atoms with van der Waals surface area (Å²) in [5.74, 6) is 1.41. The van der Waals surface area contributed by atoms with E-state index in [1.165, 1.54) is 31.2 Å². The first-order valence-corrected chi connectivity index (χ1v) is 8.56. The average molecular weight is 342 g/mol. The van der Waals surface area contributed by atoms with Gasteiger partial charge in [-0.3, -0.25) is 0 Å². The van der Waals surface area contributed by atoms with Crippen LogP contribution in [0.25, 0.3) is 0 Å². The van der Waals surface area contributed by atoms with E-state index in [1.54, 1.807) is 6.07 Å². The molecule has 1 aliphatic carbocycles. The summed E-state index contributed by atoms with van der Waals surface area (Å²) < 4.78 is 13.9. The van der Waals surface area contributed by atoms with Crippen LogP contribution in [-0.4, -0.2) is 12.6 Å². The van der Waals surface area contributed by atoms with Gasteiger partial charge in [0.1, 0.15) is 5.82 Å². The molecule has 0 amide bonds. The second-order valence-corrected chi connectivity index (χ2v) is 7.00. The number of hydrogen-bond donors (Lipinski definition) is 1. The van der Waals surface area contributed by atoms with Crippen molar-refractivity contribution < 1.29 is 4.39 Å². The molecule has 20 heavy (non-hydrogen) atoms. The van der Waals surface area contributed by atoms with Crippen LogP contribution in [0.5, 0.6) is 0 Å². The maximum Gasteiger partial charge on any atom is 0.137 e. The van der Waals surface area contributed by atoms with Crippen LogP contribution < -0.4 is 5.32 Å². The first-order valence-electron chi connectivity index (χ1n) is 7.77. The molecule has 0 aromatic heterocycles. The van der Waals surface area contributed by atoms with Gasteiger partial charge < -0.3 is 5.32 Å². The largest absolute Gasteiger partial charge is 0.314 e. The fraction of sp³-hybridized carbons (Fsp3) is 0.647. The minimum atomic E-state index is -0.181. The summed E-state index contributed by atoms with van der Waals surface area (Å²) in [4.78, 5) is 0. The lowest BCUT2D eigenvalue weighted by Gasteiger charge is -2.34. The van der Waals surface area contributed by atoms with Gasteiger partial charge in [-0.25, -0.2) is 4.39 Å². The Balaban J connectivity index is 2.06.